The second kappa shape index (κ2) is 8.06. The Morgan fingerprint density at radius 3 is 2.29 bits per heavy atom. The molecule has 7 heteroatoms. The van der Waals surface area contributed by atoms with E-state index in [2.05, 4.69) is 5.32 Å². The Morgan fingerprint density at radius 1 is 1.11 bits per heavy atom. The van der Waals surface area contributed by atoms with Crippen molar-refractivity contribution < 1.29 is 18.3 Å². The van der Waals surface area contributed by atoms with E-state index in [0.717, 1.165) is 17.8 Å². The van der Waals surface area contributed by atoms with Crippen LogP contribution in [-0.2, 0) is 9.53 Å². The van der Waals surface area contributed by atoms with E-state index in [4.69, 9.17) is 17.0 Å². The van der Waals surface area contributed by atoms with E-state index < -0.39 is 29.7 Å². The lowest BCUT2D eigenvalue weighted by atomic mass is 9.94. The van der Waals surface area contributed by atoms with Gasteiger partial charge in [-0.05, 0) is 57.3 Å². The Labute approximate surface area is 167 Å². The first kappa shape index (κ1) is 19.9. The SMILES string of the molecule is CC1=C(C(=O)OC(C)C)[C@@H](c2c(F)cccc2F)NC(=S)N1c1ccccc1. The van der Waals surface area contributed by atoms with Crippen molar-refractivity contribution in [3.63, 3.8) is 0 Å². The minimum absolute atomic E-state index is 0.107. The van der Waals surface area contributed by atoms with Crippen LogP contribution in [0.5, 0.6) is 0 Å². The van der Waals surface area contributed by atoms with Gasteiger partial charge in [0.2, 0.25) is 0 Å². The molecule has 4 nitrogen and oxygen atoms in total. The van der Waals surface area contributed by atoms with Gasteiger partial charge >= 0.3 is 5.97 Å². The van der Waals surface area contributed by atoms with Crippen LogP contribution in [0.1, 0.15) is 32.4 Å². The minimum Gasteiger partial charge on any atom is -0.459 e. The molecule has 0 amide bonds. The number of hydrogen-bond acceptors (Lipinski definition) is 3. The van der Waals surface area contributed by atoms with Gasteiger partial charge in [0.05, 0.1) is 23.3 Å². The monoisotopic (exact) mass is 402 g/mol. The van der Waals surface area contributed by atoms with Gasteiger partial charge in [0.1, 0.15) is 11.6 Å². The van der Waals surface area contributed by atoms with Crippen LogP contribution in [0.2, 0.25) is 0 Å². The third kappa shape index (κ3) is 3.75. The number of nitrogens with zero attached hydrogens (tertiary/aromatic N) is 1. The molecule has 0 aromatic heterocycles. The van der Waals surface area contributed by atoms with Gasteiger partial charge in [-0.3, -0.25) is 4.90 Å². The molecular formula is C21H20F2N2O2S. The van der Waals surface area contributed by atoms with Crippen molar-refractivity contribution in [1.82, 2.24) is 5.32 Å². The number of benzene rings is 2. The molecule has 3 rings (SSSR count). The van der Waals surface area contributed by atoms with Crippen LogP contribution in [0.3, 0.4) is 0 Å². The highest BCUT2D eigenvalue weighted by Crippen LogP contribution is 2.36. The van der Waals surface area contributed by atoms with Gasteiger partial charge in [-0.2, -0.15) is 0 Å². The van der Waals surface area contributed by atoms with Crippen LogP contribution in [0.4, 0.5) is 14.5 Å². The van der Waals surface area contributed by atoms with Crippen molar-refractivity contribution in [3.8, 4) is 0 Å². The second-order valence-corrected chi connectivity index (χ2v) is 7.03. The molecule has 0 bridgehead atoms. The Kier molecular flexibility index (Phi) is 5.74. The first-order chi connectivity index (χ1) is 13.3. The van der Waals surface area contributed by atoms with Gasteiger partial charge in [-0.25, -0.2) is 13.6 Å². The fraction of sp³-hybridized carbons (Fsp3) is 0.238. The number of nitrogens with one attached hydrogen (secondary N) is 1. The maximum absolute atomic E-state index is 14.5. The summed E-state index contributed by atoms with van der Waals surface area (Å²) in [5.74, 6) is -2.19. The Bertz CT molecular complexity index is 924. The lowest BCUT2D eigenvalue weighted by Crippen LogP contribution is -2.48. The van der Waals surface area contributed by atoms with E-state index in [1.165, 1.54) is 6.07 Å². The van der Waals surface area contributed by atoms with Crippen LogP contribution in [0, 0.1) is 11.6 Å². The van der Waals surface area contributed by atoms with Gasteiger partial charge in [0.25, 0.3) is 0 Å². The van der Waals surface area contributed by atoms with E-state index >= 15 is 0 Å². The third-order valence-electron chi connectivity index (χ3n) is 4.35. The van der Waals surface area contributed by atoms with Gasteiger partial charge in [-0.1, -0.05) is 24.3 Å². The number of para-hydroxylation sites is 1. The highest BCUT2D eigenvalue weighted by Gasteiger charge is 2.38. The molecule has 0 saturated heterocycles. The van der Waals surface area contributed by atoms with Crippen molar-refractivity contribution in [2.24, 2.45) is 0 Å². The normalized spacial score (nSPS) is 17.0. The zero-order valence-electron chi connectivity index (χ0n) is 15.7. The fourth-order valence-electron chi connectivity index (χ4n) is 3.18. The zero-order valence-corrected chi connectivity index (χ0v) is 16.5. The molecule has 0 spiro atoms. The molecule has 0 fully saturated rings. The molecule has 1 aliphatic rings. The van der Waals surface area contributed by atoms with Crippen molar-refractivity contribution in [1.29, 1.82) is 0 Å². The number of allylic oxidation sites excluding steroid dienone is 1. The summed E-state index contributed by atoms with van der Waals surface area (Å²) in [5.41, 5.74) is 1.01. The van der Waals surface area contributed by atoms with Crippen molar-refractivity contribution >= 4 is 29.0 Å². The predicted octanol–water partition coefficient (Wildman–Crippen LogP) is 4.63. The third-order valence-corrected chi connectivity index (χ3v) is 4.65. The Balaban J connectivity index is 2.19. The fourth-order valence-corrected chi connectivity index (χ4v) is 3.54. The average Bonchev–Trinajstić information content (AvgIpc) is 2.61. The topological polar surface area (TPSA) is 41.6 Å². The molecule has 2 aromatic rings. The summed E-state index contributed by atoms with van der Waals surface area (Å²) in [5, 5.41) is 3.15. The molecule has 2 aromatic carbocycles. The number of thiocarbonyl (C=S) groups is 1. The van der Waals surface area contributed by atoms with Crippen LogP contribution in [0.15, 0.2) is 59.8 Å². The molecule has 0 radical (unpaired) electrons. The Morgan fingerprint density at radius 2 is 1.71 bits per heavy atom. The van der Waals surface area contributed by atoms with E-state index in [9.17, 15) is 13.6 Å². The first-order valence-electron chi connectivity index (χ1n) is 8.82. The van der Waals surface area contributed by atoms with Crippen LogP contribution in [0.25, 0.3) is 0 Å². The summed E-state index contributed by atoms with van der Waals surface area (Å²) < 4.78 is 34.4. The van der Waals surface area contributed by atoms with Crippen molar-refractivity contribution in [2.75, 3.05) is 4.90 Å². The summed E-state index contributed by atoms with van der Waals surface area (Å²) >= 11 is 5.46. The average molecular weight is 402 g/mol. The number of halogens is 2. The van der Waals surface area contributed by atoms with E-state index in [0.29, 0.717) is 5.70 Å². The summed E-state index contributed by atoms with van der Waals surface area (Å²) in [7, 11) is 0. The number of ether oxygens (including phenoxy) is 1. The molecule has 1 N–H and O–H groups in total. The molecule has 1 aliphatic heterocycles. The maximum Gasteiger partial charge on any atom is 0.338 e. The molecule has 0 aliphatic carbocycles. The van der Waals surface area contributed by atoms with Crippen LogP contribution in [-0.4, -0.2) is 17.2 Å². The van der Waals surface area contributed by atoms with E-state index in [1.54, 1.807) is 25.7 Å². The summed E-state index contributed by atoms with van der Waals surface area (Å²) in [4.78, 5) is 14.5. The largest absolute Gasteiger partial charge is 0.459 e. The predicted molar refractivity (Wildman–Crippen MR) is 108 cm³/mol. The van der Waals surface area contributed by atoms with Crippen molar-refractivity contribution in [2.45, 2.75) is 32.9 Å². The number of carbonyl (C=O) groups excluding carboxylic acids is 1. The molecule has 0 saturated carbocycles. The summed E-state index contributed by atoms with van der Waals surface area (Å²) in [6.45, 7) is 5.10. The van der Waals surface area contributed by atoms with Crippen LogP contribution >= 0.6 is 12.2 Å². The number of carbonyl (C=O) groups is 1. The molecule has 0 unspecified atom stereocenters. The Hall–Kier alpha value is -2.80. The number of esters is 1. The molecular weight excluding hydrogens is 382 g/mol. The summed E-state index contributed by atoms with van der Waals surface area (Å²) in [6.07, 6.45) is -0.391. The number of rotatable bonds is 4. The molecule has 1 atom stereocenters. The molecule has 146 valence electrons. The highest BCUT2D eigenvalue weighted by atomic mass is 32.1. The lowest BCUT2D eigenvalue weighted by Gasteiger charge is -2.37. The first-order valence-corrected chi connectivity index (χ1v) is 9.23. The minimum atomic E-state index is -1.10. The van der Waals surface area contributed by atoms with Crippen LogP contribution < -0.4 is 10.2 Å². The van der Waals surface area contributed by atoms with Gasteiger partial charge in [-0.15, -0.1) is 0 Å². The van der Waals surface area contributed by atoms with Gasteiger partial charge in [0.15, 0.2) is 5.11 Å². The molecule has 1 heterocycles. The molecule has 28 heavy (non-hydrogen) atoms. The highest BCUT2D eigenvalue weighted by molar-refractivity contribution is 7.80. The van der Waals surface area contributed by atoms with Gasteiger partial charge in [0, 0.05) is 11.4 Å². The summed E-state index contributed by atoms with van der Waals surface area (Å²) in [6, 6.07) is 11.6. The lowest BCUT2D eigenvalue weighted by molar-refractivity contribution is -0.143. The van der Waals surface area contributed by atoms with E-state index in [-0.39, 0.29) is 16.2 Å². The second-order valence-electron chi connectivity index (χ2n) is 6.64. The van der Waals surface area contributed by atoms with Gasteiger partial charge < -0.3 is 10.1 Å². The number of anilines is 1. The standard InChI is InChI=1S/C21H20F2N2O2S/c1-12(2)27-20(26)17-13(3)25(14-8-5-4-6-9-14)21(28)24-19(17)18-15(22)10-7-11-16(18)23/h4-12,19H,1-3H3,(H,24,28)/t19-/m0/s1. The van der Waals surface area contributed by atoms with Crippen molar-refractivity contribution in [3.05, 3.63) is 77.0 Å². The zero-order chi connectivity index (χ0) is 20.4. The number of hydrogen-bond donors (Lipinski definition) is 1. The smallest absolute Gasteiger partial charge is 0.338 e. The quantitative estimate of drug-likeness (QED) is 0.597. The van der Waals surface area contributed by atoms with E-state index in [1.807, 2.05) is 30.3 Å². The maximum atomic E-state index is 14.5.